The van der Waals surface area contributed by atoms with Crippen LogP contribution in [0.5, 0.6) is 5.75 Å². The van der Waals surface area contributed by atoms with Crippen molar-refractivity contribution in [3.63, 3.8) is 0 Å². The molecule has 1 atom stereocenters. The van der Waals surface area contributed by atoms with Crippen molar-refractivity contribution in [2.75, 3.05) is 25.1 Å². The van der Waals surface area contributed by atoms with E-state index in [1.807, 2.05) is 12.1 Å². The third kappa shape index (κ3) is 3.83. The molecule has 1 fully saturated rings. The molecule has 1 aliphatic rings. The number of nitrogens with one attached hydrogen (secondary N) is 1. The van der Waals surface area contributed by atoms with Crippen molar-refractivity contribution in [2.45, 2.75) is 45.2 Å². The molecule has 2 rings (SSSR count). The molecule has 19 heavy (non-hydrogen) atoms. The van der Waals surface area contributed by atoms with Crippen molar-refractivity contribution in [1.29, 1.82) is 0 Å². The van der Waals surface area contributed by atoms with Crippen LogP contribution >= 0.6 is 0 Å². The van der Waals surface area contributed by atoms with Crippen LogP contribution in [-0.4, -0.2) is 36.8 Å². The van der Waals surface area contributed by atoms with E-state index in [0.29, 0.717) is 6.04 Å². The van der Waals surface area contributed by atoms with Gasteiger partial charge in [-0.25, -0.2) is 4.98 Å². The first-order chi connectivity index (χ1) is 8.99. The third-order valence-electron chi connectivity index (χ3n) is 3.50. The average Bonchev–Trinajstić information content (AvgIpc) is 2.84. The van der Waals surface area contributed by atoms with Crippen molar-refractivity contribution in [1.82, 2.24) is 10.3 Å². The van der Waals surface area contributed by atoms with E-state index < -0.39 is 0 Å². The largest absolute Gasteiger partial charge is 0.495 e. The lowest BCUT2D eigenvalue weighted by molar-refractivity contribution is 0.404. The Hall–Kier alpha value is -1.29. The summed E-state index contributed by atoms with van der Waals surface area (Å²) in [4.78, 5) is 6.90. The van der Waals surface area contributed by atoms with Crippen molar-refractivity contribution >= 4 is 5.82 Å². The van der Waals surface area contributed by atoms with Gasteiger partial charge in [-0.15, -0.1) is 0 Å². The van der Waals surface area contributed by atoms with E-state index >= 15 is 0 Å². The summed E-state index contributed by atoms with van der Waals surface area (Å²) >= 11 is 0. The topological polar surface area (TPSA) is 37.4 Å². The number of aromatic nitrogens is 1. The van der Waals surface area contributed by atoms with Crippen LogP contribution in [0.25, 0.3) is 0 Å². The molecule has 1 saturated heterocycles. The molecular weight excluding hydrogens is 238 g/mol. The first-order valence-corrected chi connectivity index (χ1v) is 7.01. The Bertz CT molecular complexity index is 397. The second kappa shape index (κ2) is 5.78. The zero-order valence-electron chi connectivity index (χ0n) is 12.4. The van der Waals surface area contributed by atoms with Gasteiger partial charge in [0.1, 0.15) is 11.6 Å². The minimum atomic E-state index is 0.168. The lowest BCUT2D eigenvalue weighted by Crippen LogP contribution is -2.45. The predicted octanol–water partition coefficient (Wildman–Crippen LogP) is 2.45. The third-order valence-corrected chi connectivity index (χ3v) is 3.50. The van der Waals surface area contributed by atoms with Crippen LogP contribution in [0.4, 0.5) is 5.82 Å². The van der Waals surface area contributed by atoms with E-state index in [1.165, 1.54) is 12.8 Å². The van der Waals surface area contributed by atoms with Crippen LogP contribution < -0.4 is 15.0 Å². The molecule has 0 aliphatic carbocycles. The monoisotopic (exact) mass is 263 g/mol. The Morgan fingerprint density at radius 2 is 2.21 bits per heavy atom. The first-order valence-electron chi connectivity index (χ1n) is 7.01. The first kappa shape index (κ1) is 14.1. The highest BCUT2D eigenvalue weighted by Gasteiger charge is 2.26. The minimum Gasteiger partial charge on any atom is -0.495 e. The Labute approximate surface area is 116 Å². The zero-order chi connectivity index (χ0) is 13.9. The van der Waals surface area contributed by atoms with Gasteiger partial charge in [0.2, 0.25) is 0 Å². The quantitative estimate of drug-likeness (QED) is 0.905. The van der Waals surface area contributed by atoms with E-state index in [2.05, 4.69) is 36.0 Å². The number of nitrogens with zero attached hydrogens (tertiary/aromatic N) is 2. The summed E-state index contributed by atoms with van der Waals surface area (Å²) < 4.78 is 5.16. The fourth-order valence-corrected chi connectivity index (χ4v) is 2.44. The van der Waals surface area contributed by atoms with Crippen molar-refractivity contribution in [3.05, 3.63) is 18.3 Å². The minimum absolute atomic E-state index is 0.168. The summed E-state index contributed by atoms with van der Waals surface area (Å²) in [5.41, 5.74) is 0.168. The van der Waals surface area contributed by atoms with Crippen LogP contribution in [0.2, 0.25) is 0 Å². The van der Waals surface area contributed by atoms with E-state index in [-0.39, 0.29) is 5.54 Å². The SMILES string of the molecule is COc1ccc(N2CCCC2CNC(C)(C)C)nc1. The lowest BCUT2D eigenvalue weighted by atomic mass is 10.1. The number of hydrogen-bond acceptors (Lipinski definition) is 4. The highest BCUT2D eigenvalue weighted by atomic mass is 16.5. The van der Waals surface area contributed by atoms with Gasteiger partial charge >= 0.3 is 0 Å². The molecule has 4 heteroatoms. The van der Waals surface area contributed by atoms with E-state index in [9.17, 15) is 0 Å². The lowest BCUT2D eigenvalue weighted by Gasteiger charge is -2.29. The second-order valence-electron chi connectivity index (χ2n) is 6.18. The van der Waals surface area contributed by atoms with E-state index in [4.69, 9.17) is 4.74 Å². The van der Waals surface area contributed by atoms with Gasteiger partial charge < -0.3 is 15.0 Å². The second-order valence-corrected chi connectivity index (χ2v) is 6.18. The summed E-state index contributed by atoms with van der Waals surface area (Å²) in [7, 11) is 1.67. The van der Waals surface area contributed by atoms with Gasteiger partial charge in [0, 0.05) is 24.7 Å². The van der Waals surface area contributed by atoms with E-state index in [0.717, 1.165) is 24.7 Å². The van der Waals surface area contributed by atoms with Gasteiger partial charge in [-0.2, -0.15) is 0 Å². The number of pyridine rings is 1. The molecule has 1 N–H and O–H groups in total. The molecule has 0 bridgehead atoms. The van der Waals surface area contributed by atoms with Crippen molar-refractivity contribution in [3.8, 4) is 5.75 Å². The van der Waals surface area contributed by atoms with Crippen LogP contribution in [0.3, 0.4) is 0 Å². The molecule has 0 amide bonds. The number of anilines is 1. The number of methoxy groups -OCH3 is 1. The standard InChI is InChI=1S/C15H25N3O/c1-15(2,3)17-10-12-6-5-9-18(12)14-8-7-13(19-4)11-16-14/h7-8,11-12,17H,5-6,9-10H2,1-4H3. The smallest absolute Gasteiger partial charge is 0.137 e. The molecule has 106 valence electrons. The Balaban J connectivity index is 2.01. The van der Waals surface area contributed by atoms with Gasteiger partial charge in [0.05, 0.1) is 13.3 Å². The molecule has 4 nitrogen and oxygen atoms in total. The molecule has 1 unspecified atom stereocenters. The summed E-state index contributed by atoms with van der Waals surface area (Å²) in [6, 6.07) is 4.57. The number of rotatable bonds is 4. The molecule has 0 aromatic carbocycles. The average molecular weight is 263 g/mol. The maximum atomic E-state index is 5.16. The number of ether oxygens (including phenoxy) is 1. The van der Waals surface area contributed by atoms with Crippen LogP contribution in [0, 0.1) is 0 Å². The summed E-state index contributed by atoms with van der Waals surface area (Å²) in [5, 5.41) is 3.59. The van der Waals surface area contributed by atoms with Gasteiger partial charge in [-0.05, 0) is 45.7 Å². The molecule has 0 spiro atoms. The van der Waals surface area contributed by atoms with Crippen molar-refractivity contribution in [2.24, 2.45) is 0 Å². The molecule has 1 aliphatic heterocycles. The molecule has 0 radical (unpaired) electrons. The number of hydrogen-bond donors (Lipinski definition) is 1. The van der Waals surface area contributed by atoms with Crippen LogP contribution in [0.1, 0.15) is 33.6 Å². The Morgan fingerprint density at radius 1 is 1.42 bits per heavy atom. The van der Waals surface area contributed by atoms with Gasteiger partial charge in [0.15, 0.2) is 0 Å². The van der Waals surface area contributed by atoms with Gasteiger partial charge in [0.25, 0.3) is 0 Å². The van der Waals surface area contributed by atoms with Gasteiger partial charge in [-0.3, -0.25) is 0 Å². The summed E-state index contributed by atoms with van der Waals surface area (Å²) in [6.45, 7) is 8.72. The summed E-state index contributed by atoms with van der Waals surface area (Å²) in [6.07, 6.45) is 4.27. The summed E-state index contributed by atoms with van der Waals surface area (Å²) in [5.74, 6) is 1.87. The van der Waals surface area contributed by atoms with Crippen LogP contribution in [-0.2, 0) is 0 Å². The Kier molecular flexibility index (Phi) is 4.30. The Morgan fingerprint density at radius 3 is 2.79 bits per heavy atom. The molecule has 1 aromatic rings. The molecule has 0 saturated carbocycles. The predicted molar refractivity (Wildman–Crippen MR) is 78.9 cm³/mol. The van der Waals surface area contributed by atoms with Crippen LogP contribution in [0.15, 0.2) is 18.3 Å². The van der Waals surface area contributed by atoms with Crippen molar-refractivity contribution < 1.29 is 4.74 Å². The van der Waals surface area contributed by atoms with E-state index in [1.54, 1.807) is 13.3 Å². The maximum Gasteiger partial charge on any atom is 0.137 e. The highest BCUT2D eigenvalue weighted by Crippen LogP contribution is 2.25. The fraction of sp³-hybridized carbons (Fsp3) is 0.667. The molecule has 1 aromatic heterocycles. The highest BCUT2D eigenvalue weighted by molar-refractivity contribution is 5.43. The normalized spacial score (nSPS) is 19.8. The van der Waals surface area contributed by atoms with Gasteiger partial charge in [-0.1, -0.05) is 0 Å². The molecule has 2 heterocycles. The molecular formula is C15H25N3O. The zero-order valence-corrected chi connectivity index (χ0v) is 12.4. The maximum absolute atomic E-state index is 5.16. The fourth-order valence-electron chi connectivity index (χ4n) is 2.44.